The summed E-state index contributed by atoms with van der Waals surface area (Å²) >= 11 is 2.16. The first-order chi connectivity index (χ1) is 6.31. The minimum atomic E-state index is -1.05. The highest BCUT2D eigenvalue weighted by Crippen LogP contribution is 2.25. The van der Waals surface area contributed by atoms with Crippen molar-refractivity contribution in [2.75, 3.05) is 11.1 Å². The Bertz CT molecular complexity index is 265. The van der Waals surface area contributed by atoms with E-state index in [-0.39, 0.29) is 0 Å². The number of hydrogen-bond donors (Lipinski definition) is 0. The first-order valence-electron chi connectivity index (χ1n) is 4.95. The van der Waals surface area contributed by atoms with Crippen molar-refractivity contribution in [1.82, 2.24) is 0 Å². The molecule has 1 unspecified atom stereocenters. The molecule has 1 aromatic carbocycles. The van der Waals surface area contributed by atoms with E-state index in [0.29, 0.717) is 0 Å². The van der Waals surface area contributed by atoms with Gasteiger partial charge in [0.25, 0.3) is 0 Å². The average molecular weight is 208 g/mol. The van der Waals surface area contributed by atoms with Gasteiger partial charge in [-0.3, -0.25) is 0 Å². The van der Waals surface area contributed by atoms with Crippen molar-refractivity contribution >= 4 is 25.0 Å². The number of benzene rings is 1. The van der Waals surface area contributed by atoms with Crippen molar-refractivity contribution in [2.24, 2.45) is 0 Å². The normalized spacial score (nSPS) is 28.7. The third-order valence-corrected chi connectivity index (χ3v) is 10.0. The van der Waals surface area contributed by atoms with Crippen LogP contribution in [-0.2, 0) is 0 Å². The maximum atomic E-state index is 2.54. The molecule has 2 heteroatoms. The molecule has 1 heterocycles. The molecule has 1 atom stereocenters. The van der Waals surface area contributed by atoms with Crippen molar-refractivity contribution in [1.29, 1.82) is 0 Å². The summed E-state index contributed by atoms with van der Waals surface area (Å²) in [5.41, 5.74) is 0. The molecule has 1 fully saturated rings. The third-order valence-electron chi connectivity index (χ3n) is 2.91. The van der Waals surface area contributed by atoms with Crippen LogP contribution in [0.15, 0.2) is 30.3 Å². The Hall–Kier alpha value is -0.213. The van der Waals surface area contributed by atoms with Crippen LogP contribution in [0.3, 0.4) is 0 Å². The molecule has 0 spiro atoms. The predicted octanol–water partition coefficient (Wildman–Crippen LogP) is 2.65. The zero-order chi connectivity index (χ0) is 9.15. The smallest absolute Gasteiger partial charge is 0.0934 e. The molecular formula is C11H16SSi. The van der Waals surface area contributed by atoms with Crippen LogP contribution < -0.4 is 5.19 Å². The third kappa shape index (κ3) is 2.00. The second-order valence-corrected chi connectivity index (χ2v) is 10.3. The van der Waals surface area contributed by atoms with Gasteiger partial charge in [-0.2, -0.15) is 11.8 Å². The minimum absolute atomic E-state index is 1.05. The van der Waals surface area contributed by atoms with Crippen LogP contribution in [-0.4, -0.2) is 19.2 Å². The Balaban J connectivity index is 2.23. The van der Waals surface area contributed by atoms with E-state index in [0.717, 1.165) is 0 Å². The summed E-state index contributed by atoms with van der Waals surface area (Å²) in [4.78, 5) is 0. The molecule has 0 saturated carbocycles. The number of thioether (sulfide) groups is 1. The predicted molar refractivity (Wildman–Crippen MR) is 64.4 cm³/mol. The monoisotopic (exact) mass is 208 g/mol. The first-order valence-corrected chi connectivity index (χ1v) is 9.01. The van der Waals surface area contributed by atoms with Gasteiger partial charge in [0.05, 0.1) is 8.07 Å². The maximum Gasteiger partial charge on any atom is 0.0934 e. The molecule has 1 aliphatic heterocycles. The van der Waals surface area contributed by atoms with Crippen LogP contribution in [0.2, 0.25) is 12.6 Å². The minimum Gasteiger partial charge on any atom is -0.165 e. The van der Waals surface area contributed by atoms with Gasteiger partial charge in [-0.1, -0.05) is 48.1 Å². The Labute approximate surface area is 85.8 Å². The van der Waals surface area contributed by atoms with E-state index in [1.165, 1.54) is 23.6 Å². The van der Waals surface area contributed by atoms with Gasteiger partial charge in [-0.15, -0.1) is 0 Å². The highest BCUT2D eigenvalue weighted by molar-refractivity contribution is 8.01. The standard InChI is InChI=1S/C11H16SSi/c1-13(9-5-8-12-10-13)11-6-3-2-4-7-11/h2-4,6-7H,5,8-10H2,1H3. The summed E-state index contributed by atoms with van der Waals surface area (Å²) in [7, 11) is -1.05. The van der Waals surface area contributed by atoms with E-state index in [4.69, 9.17) is 0 Å². The molecule has 1 aromatic rings. The van der Waals surface area contributed by atoms with Crippen LogP contribution in [0.4, 0.5) is 0 Å². The van der Waals surface area contributed by atoms with Gasteiger partial charge in [-0.05, 0) is 17.5 Å². The summed E-state index contributed by atoms with van der Waals surface area (Å²) in [6, 6.07) is 12.6. The fourth-order valence-electron chi connectivity index (χ4n) is 2.00. The summed E-state index contributed by atoms with van der Waals surface area (Å²) in [5, 5.41) is 3.08. The Morgan fingerprint density at radius 3 is 2.62 bits per heavy atom. The summed E-state index contributed by atoms with van der Waals surface area (Å²) in [6.07, 6.45) is 1.43. The molecular weight excluding hydrogens is 192 g/mol. The molecule has 0 bridgehead atoms. The Kier molecular flexibility index (Phi) is 2.79. The van der Waals surface area contributed by atoms with Crippen molar-refractivity contribution in [2.45, 2.75) is 19.0 Å². The Morgan fingerprint density at radius 1 is 1.23 bits per heavy atom. The largest absolute Gasteiger partial charge is 0.165 e. The lowest BCUT2D eigenvalue weighted by atomic mass is 10.4. The summed E-state index contributed by atoms with van der Waals surface area (Å²) in [6.45, 7) is 2.54. The topological polar surface area (TPSA) is 0 Å². The van der Waals surface area contributed by atoms with Crippen LogP contribution in [0, 0.1) is 0 Å². The lowest BCUT2D eigenvalue weighted by Crippen LogP contribution is -2.49. The summed E-state index contributed by atoms with van der Waals surface area (Å²) in [5.74, 6) is 1.38. The summed E-state index contributed by atoms with van der Waals surface area (Å²) < 4.78 is 0. The van der Waals surface area contributed by atoms with E-state index >= 15 is 0 Å². The number of hydrogen-bond acceptors (Lipinski definition) is 1. The van der Waals surface area contributed by atoms with Gasteiger partial charge in [0, 0.05) is 0 Å². The molecule has 0 nitrogen and oxygen atoms in total. The van der Waals surface area contributed by atoms with E-state index in [1.807, 2.05) is 0 Å². The van der Waals surface area contributed by atoms with Gasteiger partial charge in [0.15, 0.2) is 0 Å². The SMILES string of the molecule is C[Si]1(c2ccccc2)CCCSC1. The molecule has 0 aliphatic carbocycles. The van der Waals surface area contributed by atoms with E-state index in [2.05, 4.69) is 48.6 Å². The quantitative estimate of drug-likeness (QED) is 0.639. The van der Waals surface area contributed by atoms with Crippen molar-refractivity contribution in [3.63, 3.8) is 0 Å². The molecule has 1 aliphatic rings. The van der Waals surface area contributed by atoms with Crippen molar-refractivity contribution < 1.29 is 0 Å². The molecule has 2 rings (SSSR count). The highest BCUT2D eigenvalue weighted by atomic mass is 32.2. The van der Waals surface area contributed by atoms with E-state index in [9.17, 15) is 0 Å². The first kappa shape index (κ1) is 9.35. The maximum absolute atomic E-state index is 2.54. The molecule has 70 valence electrons. The molecule has 13 heavy (non-hydrogen) atoms. The fraction of sp³-hybridized carbons (Fsp3) is 0.455. The average Bonchev–Trinajstić information content (AvgIpc) is 2.20. The zero-order valence-electron chi connectivity index (χ0n) is 8.12. The van der Waals surface area contributed by atoms with Crippen molar-refractivity contribution in [3.8, 4) is 0 Å². The Morgan fingerprint density at radius 2 is 2.00 bits per heavy atom. The van der Waals surface area contributed by atoms with Crippen LogP contribution >= 0.6 is 11.8 Å². The second-order valence-electron chi connectivity index (χ2n) is 4.08. The van der Waals surface area contributed by atoms with Gasteiger partial charge in [-0.25, -0.2) is 0 Å². The zero-order valence-corrected chi connectivity index (χ0v) is 9.94. The number of rotatable bonds is 1. The van der Waals surface area contributed by atoms with Crippen molar-refractivity contribution in [3.05, 3.63) is 30.3 Å². The van der Waals surface area contributed by atoms with Gasteiger partial charge in [0.2, 0.25) is 0 Å². The molecule has 1 saturated heterocycles. The molecule has 0 aromatic heterocycles. The molecule has 0 radical (unpaired) electrons. The second kappa shape index (κ2) is 3.89. The van der Waals surface area contributed by atoms with Crippen LogP contribution in [0.5, 0.6) is 0 Å². The van der Waals surface area contributed by atoms with Gasteiger partial charge >= 0.3 is 0 Å². The fourth-order valence-corrected chi connectivity index (χ4v) is 8.47. The van der Waals surface area contributed by atoms with Gasteiger partial charge in [0.1, 0.15) is 0 Å². The molecule has 0 N–H and O–H groups in total. The molecule has 0 amide bonds. The van der Waals surface area contributed by atoms with E-state index in [1.54, 1.807) is 5.19 Å². The van der Waals surface area contributed by atoms with Crippen LogP contribution in [0.25, 0.3) is 0 Å². The van der Waals surface area contributed by atoms with E-state index < -0.39 is 8.07 Å². The lowest BCUT2D eigenvalue weighted by Gasteiger charge is -2.31. The van der Waals surface area contributed by atoms with Gasteiger partial charge < -0.3 is 0 Å². The van der Waals surface area contributed by atoms with Crippen LogP contribution in [0.1, 0.15) is 6.42 Å². The lowest BCUT2D eigenvalue weighted by molar-refractivity contribution is 1.05. The highest BCUT2D eigenvalue weighted by Gasteiger charge is 2.31.